The average molecular weight is 251 g/mol. The fourth-order valence-corrected chi connectivity index (χ4v) is 2.94. The number of fused-ring (bicyclic) bond motifs is 1. The zero-order chi connectivity index (χ0) is 11.7. The Kier molecular flexibility index (Phi) is 3.13. The third kappa shape index (κ3) is 1.91. The molecule has 0 aliphatic carbocycles. The van der Waals surface area contributed by atoms with Gasteiger partial charge in [-0.2, -0.15) is 0 Å². The first-order valence-electron chi connectivity index (χ1n) is 4.99. The van der Waals surface area contributed by atoms with Crippen molar-refractivity contribution in [3.05, 3.63) is 45.8 Å². The van der Waals surface area contributed by atoms with Crippen molar-refractivity contribution in [2.24, 2.45) is 0 Å². The Bertz CT molecular complexity index is 581. The number of ketones is 1. The maximum Gasteiger partial charge on any atom is 0.195 e. The van der Waals surface area contributed by atoms with E-state index in [4.69, 9.17) is 11.6 Å². The number of benzene rings is 1. The molecule has 0 amide bonds. The summed E-state index contributed by atoms with van der Waals surface area (Å²) in [6.45, 7) is 3.81. The van der Waals surface area contributed by atoms with Crippen LogP contribution in [0.25, 0.3) is 10.1 Å². The van der Waals surface area contributed by atoms with Gasteiger partial charge in [-0.1, -0.05) is 17.7 Å². The van der Waals surface area contributed by atoms with Crippen LogP contribution in [0.4, 0.5) is 0 Å². The van der Waals surface area contributed by atoms with E-state index in [1.165, 1.54) is 11.3 Å². The van der Waals surface area contributed by atoms with Crippen molar-refractivity contribution < 1.29 is 4.79 Å². The first kappa shape index (κ1) is 11.4. The number of carbonyl (C=O) groups excluding carboxylic acids is 1. The Balaban J connectivity index is 2.65. The Morgan fingerprint density at radius 3 is 2.88 bits per heavy atom. The highest BCUT2D eigenvalue weighted by Crippen LogP contribution is 2.32. The van der Waals surface area contributed by atoms with Crippen molar-refractivity contribution in [2.75, 3.05) is 0 Å². The minimum atomic E-state index is 0.0670. The smallest absolute Gasteiger partial charge is 0.195 e. The molecule has 2 rings (SSSR count). The summed E-state index contributed by atoms with van der Waals surface area (Å²) in [7, 11) is 0. The van der Waals surface area contributed by atoms with Crippen molar-refractivity contribution in [3.63, 3.8) is 0 Å². The van der Waals surface area contributed by atoms with E-state index in [1.54, 1.807) is 12.2 Å². The van der Waals surface area contributed by atoms with E-state index in [0.717, 1.165) is 20.5 Å². The van der Waals surface area contributed by atoms with E-state index in [2.05, 4.69) is 0 Å². The summed E-state index contributed by atoms with van der Waals surface area (Å²) < 4.78 is 1.11. The molecule has 1 aromatic carbocycles. The second kappa shape index (κ2) is 4.40. The number of aryl methyl sites for hydroxylation is 1. The van der Waals surface area contributed by atoms with Crippen molar-refractivity contribution in [1.82, 2.24) is 0 Å². The third-order valence-corrected chi connectivity index (χ3v) is 3.96. The number of allylic oxidation sites excluding steroid dienone is 2. The number of rotatable bonds is 2. The highest BCUT2D eigenvalue weighted by Gasteiger charge is 2.13. The molecule has 0 atom stereocenters. The lowest BCUT2D eigenvalue weighted by molar-refractivity contribution is 0.105. The zero-order valence-electron chi connectivity index (χ0n) is 9.08. The van der Waals surface area contributed by atoms with Gasteiger partial charge in [-0.25, -0.2) is 0 Å². The monoisotopic (exact) mass is 250 g/mol. The lowest BCUT2D eigenvalue weighted by atomic mass is 10.1. The van der Waals surface area contributed by atoms with Crippen LogP contribution in [-0.4, -0.2) is 5.78 Å². The van der Waals surface area contributed by atoms with Crippen molar-refractivity contribution >= 4 is 38.8 Å². The van der Waals surface area contributed by atoms with Gasteiger partial charge < -0.3 is 0 Å². The van der Waals surface area contributed by atoms with Gasteiger partial charge in [-0.15, -0.1) is 11.3 Å². The van der Waals surface area contributed by atoms with Gasteiger partial charge in [-0.05, 0) is 49.1 Å². The zero-order valence-corrected chi connectivity index (χ0v) is 10.7. The van der Waals surface area contributed by atoms with Crippen LogP contribution in [0.3, 0.4) is 0 Å². The average Bonchev–Trinajstić information content (AvgIpc) is 2.57. The van der Waals surface area contributed by atoms with Gasteiger partial charge in [-0.3, -0.25) is 4.79 Å². The molecule has 0 N–H and O–H groups in total. The van der Waals surface area contributed by atoms with E-state index in [9.17, 15) is 4.79 Å². The van der Waals surface area contributed by atoms with E-state index >= 15 is 0 Å². The van der Waals surface area contributed by atoms with Crippen LogP contribution in [0.5, 0.6) is 0 Å². The predicted octanol–water partition coefficient (Wildman–Crippen LogP) is 4.62. The molecule has 1 aromatic heterocycles. The number of halogens is 1. The molecule has 0 saturated carbocycles. The largest absolute Gasteiger partial charge is 0.288 e. The van der Waals surface area contributed by atoms with Gasteiger partial charge in [0.2, 0.25) is 0 Å². The SMILES string of the molecule is C/C=C/C(=O)c1sc2ccc(Cl)cc2c1C. The summed E-state index contributed by atoms with van der Waals surface area (Å²) in [5.74, 6) is 0.0670. The maximum absolute atomic E-state index is 11.8. The molecule has 0 aliphatic rings. The van der Waals surface area contributed by atoms with Gasteiger partial charge in [0.05, 0.1) is 4.88 Å². The Hall–Kier alpha value is -1.12. The van der Waals surface area contributed by atoms with Gasteiger partial charge in [0.1, 0.15) is 0 Å². The molecule has 1 nitrogen and oxygen atoms in total. The molecule has 0 bridgehead atoms. The number of hydrogen-bond acceptors (Lipinski definition) is 2. The molecule has 0 fully saturated rings. The predicted molar refractivity (Wildman–Crippen MR) is 70.7 cm³/mol. The van der Waals surface area contributed by atoms with Crippen LogP contribution in [0.1, 0.15) is 22.2 Å². The van der Waals surface area contributed by atoms with Crippen molar-refractivity contribution in [2.45, 2.75) is 13.8 Å². The first-order chi connectivity index (χ1) is 7.63. The van der Waals surface area contributed by atoms with Gasteiger partial charge in [0.15, 0.2) is 5.78 Å². The first-order valence-corrected chi connectivity index (χ1v) is 6.18. The standard InChI is InChI=1S/C13H11ClOS/c1-3-4-11(15)13-8(2)10-7-9(14)5-6-12(10)16-13/h3-7H,1-2H3/b4-3+. The molecular weight excluding hydrogens is 240 g/mol. The van der Waals surface area contributed by atoms with Crippen LogP contribution in [-0.2, 0) is 0 Å². The van der Waals surface area contributed by atoms with Crippen LogP contribution in [0.15, 0.2) is 30.4 Å². The normalized spacial score (nSPS) is 11.4. The quantitative estimate of drug-likeness (QED) is 0.561. The Morgan fingerprint density at radius 1 is 1.44 bits per heavy atom. The van der Waals surface area contributed by atoms with Crippen LogP contribution < -0.4 is 0 Å². The highest BCUT2D eigenvalue weighted by atomic mass is 35.5. The summed E-state index contributed by atoms with van der Waals surface area (Å²) in [4.78, 5) is 12.6. The molecule has 0 spiro atoms. The second-order valence-corrected chi connectivity index (χ2v) is 5.05. The van der Waals surface area contributed by atoms with Crippen molar-refractivity contribution in [1.29, 1.82) is 0 Å². The second-order valence-electron chi connectivity index (χ2n) is 3.56. The fraction of sp³-hybridized carbons (Fsp3) is 0.154. The molecule has 0 aliphatic heterocycles. The molecule has 1 heterocycles. The molecule has 3 heteroatoms. The molecule has 0 radical (unpaired) electrons. The lowest BCUT2D eigenvalue weighted by Crippen LogP contribution is -1.91. The van der Waals surface area contributed by atoms with Crippen LogP contribution in [0.2, 0.25) is 5.02 Å². The Labute approximate surface area is 103 Å². The minimum Gasteiger partial charge on any atom is -0.288 e. The molecule has 16 heavy (non-hydrogen) atoms. The number of carbonyl (C=O) groups is 1. The lowest BCUT2D eigenvalue weighted by Gasteiger charge is -1.93. The van der Waals surface area contributed by atoms with E-state index < -0.39 is 0 Å². The van der Waals surface area contributed by atoms with E-state index in [1.807, 2.05) is 32.0 Å². The summed E-state index contributed by atoms with van der Waals surface area (Å²) >= 11 is 7.47. The van der Waals surface area contributed by atoms with E-state index in [0.29, 0.717) is 5.02 Å². The summed E-state index contributed by atoms with van der Waals surface area (Å²) in [6, 6.07) is 5.72. The summed E-state index contributed by atoms with van der Waals surface area (Å²) in [5, 5.41) is 1.78. The molecular formula is C13H11ClOS. The summed E-state index contributed by atoms with van der Waals surface area (Å²) in [6.07, 6.45) is 3.36. The molecule has 82 valence electrons. The van der Waals surface area contributed by atoms with E-state index in [-0.39, 0.29) is 5.78 Å². The minimum absolute atomic E-state index is 0.0670. The van der Waals surface area contributed by atoms with Crippen molar-refractivity contribution in [3.8, 4) is 0 Å². The topological polar surface area (TPSA) is 17.1 Å². The van der Waals surface area contributed by atoms with Gasteiger partial charge in [0.25, 0.3) is 0 Å². The highest BCUT2D eigenvalue weighted by molar-refractivity contribution is 7.21. The van der Waals surface area contributed by atoms with Gasteiger partial charge >= 0.3 is 0 Å². The fourth-order valence-electron chi connectivity index (χ4n) is 1.66. The van der Waals surface area contributed by atoms with Crippen LogP contribution in [0, 0.1) is 6.92 Å². The number of hydrogen-bond donors (Lipinski definition) is 0. The summed E-state index contributed by atoms with van der Waals surface area (Å²) in [5.41, 5.74) is 1.02. The molecule has 0 unspecified atom stereocenters. The molecule has 0 saturated heterocycles. The number of thiophene rings is 1. The van der Waals surface area contributed by atoms with Gasteiger partial charge in [0, 0.05) is 9.72 Å². The Morgan fingerprint density at radius 2 is 2.19 bits per heavy atom. The third-order valence-electron chi connectivity index (χ3n) is 2.44. The molecule has 2 aromatic rings. The van der Waals surface area contributed by atoms with Crippen LogP contribution >= 0.6 is 22.9 Å². The maximum atomic E-state index is 11.8.